The first-order valence-corrected chi connectivity index (χ1v) is 5.61. The first kappa shape index (κ1) is 12.1. The minimum absolute atomic E-state index is 0.0777. The summed E-state index contributed by atoms with van der Waals surface area (Å²) in [5.74, 6) is -0.0777. The molecule has 0 amide bonds. The number of nitrogens with zero attached hydrogens (tertiary/aromatic N) is 1. The smallest absolute Gasteiger partial charge is 0.305 e. The van der Waals surface area contributed by atoms with Crippen molar-refractivity contribution in [2.45, 2.75) is 33.1 Å². The summed E-state index contributed by atoms with van der Waals surface area (Å²) in [5, 5.41) is 0. The van der Waals surface area contributed by atoms with Crippen LogP contribution in [0.4, 0.5) is 0 Å². The second kappa shape index (κ2) is 5.19. The standard InChI is InChI=1S/C12H21NO2/c1-4-15-11(14)5-6-12(2)7-9-13(3)10-8-12/h7,9H,4-6,8,10H2,1-3H3. The molecule has 0 aromatic heterocycles. The van der Waals surface area contributed by atoms with Crippen molar-refractivity contribution >= 4 is 5.97 Å². The summed E-state index contributed by atoms with van der Waals surface area (Å²) in [4.78, 5) is 13.4. The Kier molecular flexibility index (Phi) is 4.18. The molecule has 0 aromatic carbocycles. The number of esters is 1. The van der Waals surface area contributed by atoms with Crippen LogP contribution in [0.5, 0.6) is 0 Å². The average Bonchev–Trinajstić information content (AvgIpc) is 2.21. The Morgan fingerprint density at radius 1 is 1.60 bits per heavy atom. The van der Waals surface area contributed by atoms with Crippen LogP contribution in [-0.4, -0.2) is 31.1 Å². The van der Waals surface area contributed by atoms with Gasteiger partial charge in [-0.25, -0.2) is 0 Å². The third-order valence-electron chi connectivity index (χ3n) is 2.97. The van der Waals surface area contributed by atoms with Crippen LogP contribution in [0.3, 0.4) is 0 Å². The van der Waals surface area contributed by atoms with E-state index < -0.39 is 0 Å². The second-order valence-electron chi connectivity index (χ2n) is 4.51. The molecule has 3 nitrogen and oxygen atoms in total. The molecule has 1 aliphatic rings. The molecule has 86 valence electrons. The Bertz CT molecular complexity index is 250. The van der Waals surface area contributed by atoms with E-state index in [0.29, 0.717) is 13.0 Å². The first-order chi connectivity index (χ1) is 7.06. The van der Waals surface area contributed by atoms with Gasteiger partial charge < -0.3 is 9.64 Å². The highest BCUT2D eigenvalue weighted by Gasteiger charge is 2.25. The number of ether oxygens (including phenoxy) is 1. The van der Waals surface area contributed by atoms with Gasteiger partial charge in [0.25, 0.3) is 0 Å². The maximum absolute atomic E-state index is 11.2. The second-order valence-corrected chi connectivity index (χ2v) is 4.51. The van der Waals surface area contributed by atoms with Gasteiger partial charge in [0.2, 0.25) is 0 Å². The number of hydrogen-bond acceptors (Lipinski definition) is 3. The van der Waals surface area contributed by atoms with E-state index in [-0.39, 0.29) is 11.4 Å². The molecule has 1 heterocycles. The van der Waals surface area contributed by atoms with E-state index in [9.17, 15) is 4.79 Å². The van der Waals surface area contributed by atoms with Crippen LogP contribution < -0.4 is 0 Å². The molecule has 0 fully saturated rings. The fourth-order valence-corrected chi connectivity index (χ4v) is 1.73. The van der Waals surface area contributed by atoms with Gasteiger partial charge in [-0.05, 0) is 31.4 Å². The van der Waals surface area contributed by atoms with Crippen molar-refractivity contribution in [2.75, 3.05) is 20.2 Å². The monoisotopic (exact) mass is 211 g/mol. The Morgan fingerprint density at radius 2 is 2.33 bits per heavy atom. The van der Waals surface area contributed by atoms with E-state index in [0.717, 1.165) is 19.4 Å². The van der Waals surface area contributed by atoms with Crippen LogP contribution in [0, 0.1) is 5.41 Å². The number of hydrogen-bond donors (Lipinski definition) is 0. The van der Waals surface area contributed by atoms with Crippen molar-refractivity contribution in [1.82, 2.24) is 4.90 Å². The van der Waals surface area contributed by atoms with Gasteiger partial charge in [-0.1, -0.05) is 13.0 Å². The van der Waals surface area contributed by atoms with Gasteiger partial charge >= 0.3 is 5.97 Å². The molecule has 0 aromatic rings. The molecule has 0 radical (unpaired) electrons. The minimum atomic E-state index is -0.0777. The van der Waals surface area contributed by atoms with E-state index >= 15 is 0 Å². The van der Waals surface area contributed by atoms with Gasteiger partial charge in [0, 0.05) is 20.0 Å². The molecule has 0 aliphatic carbocycles. The van der Waals surface area contributed by atoms with Crippen LogP contribution in [0.25, 0.3) is 0 Å². The highest BCUT2D eigenvalue weighted by molar-refractivity contribution is 5.69. The average molecular weight is 211 g/mol. The van der Waals surface area contributed by atoms with Crippen LogP contribution in [0.2, 0.25) is 0 Å². The lowest BCUT2D eigenvalue weighted by atomic mass is 9.80. The van der Waals surface area contributed by atoms with Gasteiger partial charge in [0.05, 0.1) is 6.61 Å². The SMILES string of the molecule is CCOC(=O)CCC1(C)C=CN(C)CC1. The van der Waals surface area contributed by atoms with Crippen molar-refractivity contribution in [3.8, 4) is 0 Å². The van der Waals surface area contributed by atoms with Gasteiger partial charge in [-0.15, -0.1) is 0 Å². The lowest BCUT2D eigenvalue weighted by Crippen LogP contribution is -2.28. The van der Waals surface area contributed by atoms with Crippen molar-refractivity contribution in [3.63, 3.8) is 0 Å². The third-order valence-corrected chi connectivity index (χ3v) is 2.97. The van der Waals surface area contributed by atoms with E-state index in [1.807, 2.05) is 6.92 Å². The van der Waals surface area contributed by atoms with Crippen LogP contribution >= 0.6 is 0 Å². The Balaban J connectivity index is 2.37. The minimum Gasteiger partial charge on any atom is -0.466 e. The molecule has 0 spiro atoms. The molecule has 1 unspecified atom stereocenters. The van der Waals surface area contributed by atoms with Gasteiger partial charge in [-0.2, -0.15) is 0 Å². The van der Waals surface area contributed by atoms with E-state index in [1.165, 1.54) is 0 Å². The quantitative estimate of drug-likeness (QED) is 0.668. The van der Waals surface area contributed by atoms with Gasteiger partial charge in [-0.3, -0.25) is 4.79 Å². The summed E-state index contributed by atoms with van der Waals surface area (Å²) in [6.07, 6.45) is 6.83. The molecule has 0 N–H and O–H groups in total. The summed E-state index contributed by atoms with van der Waals surface area (Å²) in [6.45, 7) is 5.59. The van der Waals surface area contributed by atoms with Crippen LogP contribution in [0.15, 0.2) is 12.3 Å². The summed E-state index contributed by atoms with van der Waals surface area (Å²) in [5.41, 5.74) is 0.166. The molecule has 15 heavy (non-hydrogen) atoms. The molecule has 0 bridgehead atoms. The predicted octanol–water partition coefficient (Wildman–Crippen LogP) is 2.19. The van der Waals surface area contributed by atoms with Crippen LogP contribution in [-0.2, 0) is 9.53 Å². The number of allylic oxidation sites excluding steroid dienone is 1. The zero-order valence-electron chi connectivity index (χ0n) is 9.95. The van der Waals surface area contributed by atoms with Gasteiger partial charge in [0.15, 0.2) is 0 Å². The molecular formula is C12H21NO2. The zero-order chi connectivity index (χ0) is 11.3. The lowest BCUT2D eigenvalue weighted by molar-refractivity contribution is -0.143. The van der Waals surface area contributed by atoms with Crippen molar-refractivity contribution < 1.29 is 9.53 Å². The van der Waals surface area contributed by atoms with Crippen molar-refractivity contribution in [2.24, 2.45) is 5.41 Å². The fourth-order valence-electron chi connectivity index (χ4n) is 1.73. The van der Waals surface area contributed by atoms with E-state index in [1.54, 1.807) is 0 Å². The Morgan fingerprint density at radius 3 is 2.87 bits per heavy atom. The predicted molar refractivity (Wildman–Crippen MR) is 60.4 cm³/mol. The molecule has 1 atom stereocenters. The summed E-state index contributed by atoms with van der Waals surface area (Å²) in [6, 6.07) is 0. The maximum Gasteiger partial charge on any atom is 0.305 e. The summed E-state index contributed by atoms with van der Waals surface area (Å²) >= 11 is 0. The van der Waals surface area contributed by atoms with Crippen molar-refractivity contribution in [1.29, 1.82) is 0 Å². The molecule has 1 rings (SSSR count). The Hall–Kier alpha value is -0.990. The highest BCUT2D eigenvalue weighted by Crippen LogP contribution is 2.32. The lowest BCUT2D eigenvalue weighted by Gasteiger charge is -2.33. The Labute approximate surface area is 92.1 Å². The highest BCUT2D eigenvalue weighted by atomic mass is 16.5. The number of rotatable bonds is 4. The number of carbonyl (C=O) groups excluding carboxylic acids is 1. The topological polar surface area (TPSA) is 29.5 Å². The molecule has 0 saturated heterocycles. The number of carbonyl (C=O) groups is 1. The molecule has 1 aliphatic heterocycles. The summed E-state index contributed by atoms with van der Waals surface area (Å²) in [7, 11) is 2.07. The van der Waals surface area contributed by atoms with E-state index in [4.69, 9.17) is 4.74 Å². The first-order valence-electron chi connectivity index (χ1n) is 5.61. The summed E-state index contributed by atoms with van der Waals surface area (Å²) < 4.78 is 4.93. The molecule has 0 saturated carbocycles. The molecule has 3 heteroatoms. The molecular weight excluding hydrogens is 190 g/mol. The normalized spacial score (nSPS) is 25.4. The maximum atomic E-state index is 11.2. The van der Waals surface area contributed by atoms with Crippen LogP contribution in [0.1, 0.15) is 33.1 Å². The largest absolute Gasteiger partial charge is 0.466 e. The van der Waals surface area contributed by atoms with Gasteiger partial charge in [0.1, 0.15) is 0 Å². The van der Waals surface area contributed by atoms with Crippen molar-refractivity contribution in [3.05, 3.63) is 12.3 Å². The van der Waals surface area contributed by atoms with E-state index in [2.05, 4.69) is 31.1 Å². The fraction of sp³-hybridized carbons (Fsp3) is 0.750. The third kappa shape index (κ3) is 3.94. The zero-order valence-corrected chi connectivity index (χ0v) is 9.95.